The van der Waals surface area contributed by atoms with E-state index in [1.807, 2.05) is 30.3 Å². The number of rotatable bonds is 10. The number of nitrogens with zero attached hydrogens (tertiary/aromatic N) is 1. The Balaban J connectivity index is 1.59. The second-order valence-corrected chi connectivity index (χ2v) is 9.91. The van der Waals surface area contributed by atoms with Crippen LogP contribution in [0.3, 0.4) is 0 Å². The summed E-state index contributed by atoms with van der Waals surface area (Å²) < 4.78 is 44.4. The summed E-state index contributed by atoms with van der Waals surface area (Å²) in [5.74, 6) is 1.08. The molecule has 1 heterocycles. The molecule has 33 heavy (non-hydrogen) atoms. The Kier molecular flexibility index (Phi) is 7.73. The SMILES string of the molecule is CCOC(=O)C(C)(C)Oc1cccc(CCCN2CCOc3cc(OS(C)(=O)=O)ccc32)c1. The van der Waals surface area contributed by atoms with Gasteiger partial charge in [-0.1, -0.05) is 12.1 Å². The maximum atomic E-state index is 12.1. The van der Waals surface area contributed by atoms with Crippen molar-refractivity contribution in [1.29, 1.82) is 0 Å². The van der Waals surface area contributed by atoms with Gasteiger partial charge in [0.05, 0.1) is 25.1 Å². The van der Waals surface area contributed by atoms with E-state index in [-0.39, 0.29) is 5.75 Å². The zero-order chi connectivity index (χ0) is 24.1. The molecule has 9 heteroatoms. The number of esters is 1. The lowest BCUT2D eigenvalue weighted by Crippen LogP contribution is -2.39. The quantitative estimate of drug-likeness (QED) is 0.379. The number of hydrogen-bond donors (Lipinski definition) is 0. The molecule has 0 unspecified atom stereocenters. The zero-order valence-electron chi connectivity index (χ0n) is 19.5. The summed E-state index contributed by atoms with van der Waals surface area (Å²) in [7, 11) is -3.59. The van der Waals surface area contributed by atoms with Crippen molar-refractivity contribution in [2.45, 2.75) is 39.2 Å². The molecule has 180 valence electrons. The average molecular weight is 478 g/mol. The maximum absolute atomic E-state index is 12.1. The van der Waals surface area contributed by atoms with Crippen molar-refractivity contribution in [2.75, 3.05) is 37.5 Å². The standard InChI is InChI=1S/C24H31NO7S/c1-5-29-23(26)24(2,3)31-19-10-6-8-18(16-19)9-7-13-25-14-15-30-22-17-20(11-12-21(22)25)32-33(4,27)28/h6,8,10-12,16-17H,5,7,9,13-15H2,1-4H3. The highest BCUT2D eigenvalue weighted by Gasteiger charge is 2.31. The van der Waals surface area contributed by atoms with Crippen LogP contribution in [0.25, 0.3) is 0 Å². The highest BCUT2D eigenvalue weighted by molar-refractivity contribution is 7.86. The molecule has 2 aromatic rings. The first kappa shape index (κ1) is 24.7. The highest BCUT2D eigenvalue weighted by atomic mass is 32.2. The number of carbonyl (C=O) groups excluding carboxylic acids is 1. The Morgan fingerprint density at radius 1 is 1.15 bits per heavy atom. The van der Waals surface area contributed by atoms with Gasteiger partial charge >= 0.3 is 16.1 Å². The van der Waals surface area contributed by atoms with Gasteiger partial charge in [0.25, 0.3) is 0 Å². The summed E-state index contributed by atoms with van der Waals surface area (Å²) in [6.07, 6.45) is 2.74. The number of benzene rings is 2. The fraction of sp³-hybridized carbons (Fsp3) is 0.458. The van der Waals surface area contributed by atoms with Crippen molar-refractivity contribution < 1.29 is 31.6 Å². The Morgan fingerprint density at radius 3 is 2.67 bits per heavy atom. The van der Waals surface area contributed by atoms with Crippen molar-refractivity contribution in [3.63, 3.8) is 0 Å². The van der Waals surface area contributed by atoms with Gasteiger partial charge in [-0.25, -0.2) is 4.79 Å². The van der Waals surface area contributed by atoms with Gasteiger partial charge in [-0.2, -0.15) is 8.42 Å². The molecule has 0 saturated carbocycles. The smallest absolute Gasteiger partial charge is 0.349 e. The molecule has 0 fully saturated rings. The number of aryl methyl sites for hydroxylation is 1. The molecule has 0 amide bonds. The second kappa shape index (κ2) is 10.3. The van der Waals surface area contributed by atoms with E-state index in [4.69, 9.17) is 18.4 Å². The zero-order valence-corrected chi connectivity index (χ0v) is 20.3. The van der Waals surface area contributed by atoms with E-state index in [0.29, 0.717) is 24.7 Å². The lowest BCUT2D eigenvalue weighted by Gasteiger charge is -2.31. The molecule has 0 spiro atoms. The summed E-state index contributed by atoms with van der Waals surface area (Å²) in [5, 5.41) is 0. The normalized spacial score (nSPS) is 13.6. The summed E-state index contributed by atoms with van der Waals surface area (Å²) >= 11 is 0. The average Bonchev–Trinajstić information content (AvgIpc) is 2.72. The van der Waals surface area contributed by atoms with Crippen molar-refractivity contribution in [1.82, 2.24) is 0 Å². The molecule has 2 aromatic carbocycles. The third kappa shape index (κ3) is 7.02. The van der Waals surface area contributed by atoms with E-state index in [1.165, 1.54) is 0 Å². The van der Waals surface area contributed by atoms with Gasteiger partial charge in [0.1, 0.15) is 23.9 Å². The van der Waals surface area contributed by atoms with E-state index < -0.39 is 21.7 Å². The van der Waals surface area contributed by atoms with Crippen molar-refractivity contribution in [3.8, 4) is 17.2 Å². The maximum Gasteiger partial charge on any atom is 0.349 e. The molecule has 3 rings (SSSR count). The summed E-state index contributed by atoms with van der Waals surface area (Å²) in [4.78, 5) is 14.3. The van der Waals surface area contributed by atoms with Crippen LogP contribution in [0.1, 0.15) is 32.8 Å². The minimum atomic E-state index is -3.59. The van der Waals surface area contributed by atoms with Crippen LogP contribution < -0.4 is 18.6 Å². The molecule has 0 saturated heterocycles. The van der Waals surface area contributed by atoms with Gasteiger partial charge in [-0.3, -0.25) is 0 Å². The van der Waals surface area contributed by atoms with Gasteiger partial charge in [-0.05, 0) is 63.4 Å². The fourth-order valence-corrected chi connectivity index (χ4v) is 4.05. The van der Waals surface area contributed by atoms with Gasteiger partial charge in [0.15, 0.2) is 5.60 Å². The predicted octanol–water partition coefficient (Wildman–Crippen LogP) is 3.58. The molecule has 0 N–H and O–H groups in total. The largest absolute Gasteiger partial charge is 0.489 e. The summed E-state index contributed by atoms with van der Waals surface area (Å²) in [6, 6.07) is 12.8. The minimum Gasteiger partial charge on any atom is -0.489 e. The molecule has 0 atom stereocenters. The minimum absolute atomic E-state index is 0.237. The highest BCUT2D eigenvalue weighted by Crippen LogP contribution is 2.35. The van der Waals surface area contributed by atoms with Crippen LogP contribution in [0.4, 0.5) is 5.69 Å². The van der Waals surface area contributed by atoms with Gasteiger partial charge in [0.2, 0.25) is 0 Å². The van der Waals surface area contributed by atoms with Crippen LogP contribution in [0, 0.1) is 0 Å². The van der Waals surface area contributed by atoms with Crippen LogP contribution >= 0.6 is 0 Å². The molecular weight excluding hydrogens is 446 g/mol. The van der Waals surface area contributed by atoms with E-state index in [9.17, 15) is 13.2 Å². The van der Waals surface area contributed by atoms with E-state index in [1.54, 1.807) is 32.9 Å². The van der Waals surface area contributed by atoms with E-state index >= 15 is 0 Å². The molecule has 0 bridgehead atoms. The van der Waals surface area contributed by atoms with Crippen molar-refractivity contribution >= 4 is 21.8 Å². The van der Waals surface area contributed by atoms with E-state index in [2.05, 4.69) is 4.90 Å². The van der Waals surface area contributed by atoms with Crippen LogP contribution in [0.5, 0.6) is 17.2 Å². The molecule has 0 aromatic heterocycles. The van der Waals surface area contributed by atoms with Gasteiger partial charge in [-0.15, -0.1) is 0 Å². The first-order valence-corrected chi connectivity index (χ1v) is 12.8. The molecular formula is C24H31NO7S. The lowest BCUT2D eigenvalue weighted by molar-refractivity contribution is -0.158. The molecule has 8 nitrogen and oxygen atoms in total. The van der Waals surface area contributed by atoms with Crippen LogP contribution in [0.15, 0.2) is 42.5 Å². The van der Waals surface area contributed by atoms with Crippen molar-refractivity contribution in [2.24, 2.45) is 0 Å². The molecule has 1 aliphatic rings. The van der Waals surface area contributed by atoms with E-state index in [0.717, 1.165) is 43.4 Å². The third-order valence-corrected chi connectivity index (χ3v) is 5.57. The lowest BCUT2D eigenvalue weighted by atomic mass is 10.1. The Labute approximate surface area is 195 Å². The number of hydrogen-bond acceptors (Lipinski definition) is 8. The topological polar surface area (TPSA) is 91.4 Å². The third-order valence-electron chi connectivity index (χ3n) is 5.07. The Bertz CT molecular complexity index is 1080. The van der Waals surface area contributed by atoms with Crippen molar-refractivity contribution in [3.05, 3.63) is 48.0 Å². The van der Waals surface area contributed by atoms with Gasteiger partial charge in [0, 0.05) is 12.6 Å². The predicted molar refractivity (Wildman–Crippen MR) is 126 cm³/mol. The summed E-state index contributed by atoms with van der Waals surface area (Å²) in [6.45, 7) is 7.53. The monoisotopic (exact) mass is 477 g/mol. The molecule has 0 aliphatic carbocycles. The number of ether oxygens (including phenoxy) is 3. The first-order chi connectivity index (χ1) is 15.6. The van der Waals surface area contributed by atoms with Gasteiger partial charge < -0.3 is 23.3 Å². The van der Waals surface area contributed by atoms with Crippen LogP contribution in [0.2, 0.25) is 0 Å². The van der Waals surface area contributed by atoms with Crippen LogP contribution in [-0.4, -0.2) is 52.5 Å². The Morgan fingerprint density at radius 2 is 1.94 bits per heavy atom. The summed E-state index contributed by atoms with van der Waals surface area (Å²) in [5.41, 5.74) is 0.958. The fourth-order valence-electron chi connectivity index (χ4n) is 3.60. The second-order valence-electron chi connectivity index (χ2n) is 8.34. The number of carbonyl (C=O) groups is 1. The number of anilines is 1. The first-order valence-electron chi connectivity index (χ1n) is 10.9. The van der Waals surface area contributed by atoms with Crippen LogP contribution in [-0.2, 0) is 26.1 Å². The number of fused-ring (bicyclic) bond motifs is 1. The molecule has 0 radical (unpaired) electrons. The Hall–Kier alpha value is -2.94. The molecule has 1 aliphatic heterocycles.